The summed E-state index contributed by atoms with van der Waals surface area (Å²) in [6, 6.07) is 13.1. The molecule has 2 aliphatic rings. The van der Waals surface area contributed by atoms with Crippen LogP contribution in [0.4, 0.5) is 20.6 Å². The van der Waals surface area contributed by atoms with Gasteiger partial charge in [0.15, 0.2) is 0 Å². The molecule has 2 aromatic carbocycles. The average molecular weight is 440 g/mol. The minimum atomic E-state index is -0.275. The van der Waals surface area contributed by atoms with Crippen molar-refractivity contribution in [2.24, 2.45) is 5.92 Å². The Bertz CT molecular complexity index is 925. The quantitative estimate of drug-likeness (QED) is 0.601. The van der Waals surface area contributed by atoms with Gasteiger partial charge in [-0.1, -0.05) is 19.1 Å². The fourth-order valence-electron chi connectivity index (χ4n) is 4.58. The number of nitrogens with zero attached hydrogens (tertiary/aromatic N) is 3. The molecule has 1 unspecified atom stereocenters. The van der Waals surface area contributed by atoms with Crippen molar-refractivity contribution in [3.05, 3.63) is 53.8 Å². The Kier molecular flexibility index (Phi) is 6.87. The number of piperidine rings is 1. The summed E-state index contributed by atoms with van der Waals surface area (Å²) in [4.78, 5) is 18.6. The van der Waals surface area contributed by atoms with Crippen LogP contribution in [0.25, 0.3) is 0 Å². The molecule has 2 saturated heterocycles. The van der Waals surface area contributed by atoms with Crippen molar-refractivity contribution in [1.29, 1.82) is 0 Å². The summed E-state index contributed by atoms with van der Waals surface area (Å²) in [5.41, 5.74) is 2.71. The van der Waals surface area contributed by atoms with Crippen LogP contribution in [-0.4, -0.2) is 43.7 Å². The topological polar surface area (TPSA) is 36.0 Å². The standard InChI is InChI=1S/C26H34FN3O2/c1-19-10-13-29(14-11-19)24-15-22(27)16-25(17-24)32-18-21-6-8-23(9-7-21)28(3)26(31)30-12-4-5-20(30)2/h6-9,15-17,19-20H,4-5,10-14,18H2,1-3H3. The van der Waals surface area contributed by atoms with E-state index in [0.29, 0.717) is 18.4 Å². The molecule has 2 aliphatic heterocycles. The molecule has 6 heteroatoms. The molecule has 0 bridgehead atoms. The summed E-state index contributed by atoms with van der Waals surface area (Å²) in [5.74, 6) is 0.993. The van der Waals surface area contributed by atoms with Crippen molar-refractivity contribution < 1.29 is 13.9 Å². The Morgan fingerprint density at radius 2 is 1.78 bits per heavy atom. The SMILES string of the molecule is CC1CCN(c2cc(F)cc(OCc3ccc(N(C)C(=O)N4CCCC4C)cc3)c2)CC1. The third-order valence-electron chi connectivity index (χ3n) is 6.82. The van der Waals surface area contributed by atoms with E-state index in [1.165, 1.54) is 6.07 Å². The lowest BCUT2D eigenvalue weighted by atomic mass is 9.99. The maximum Gasteiger partial charge on any atom is 0.324 e. The van der Waals surface area contributed by atoms with Crippen molar-refractivity contribution >= 4 is 17.4 Å². The van der Waals surface area contributed by atoms with Gasteiger partial charge in [-0.15, -0.1) is 0 Å². The molecule has 0 saturated carbocycles. The van der Waals surface area contributed by atoms with Crippen LogP contribution in [0, 0.1) is 11.7 Å². The third kappa shape index (κ3) is 5.17. The van der Waals surface area contributed by atoms with E-state index in [1.807, 2.05) is 42.3 Å². The van der Waals surface area contributed by atoms with E-state index in [0.717, 1.165) is 68.2 Å². The summed E-state index contributed by atoms with van der Waals surface area (Å²) in [6.07, 6.45) is 4.39. The Labute approximate surface area is 190 Å². The second-order valence-corrected chi connectivity index (χ2v) is 9.30. The zero-order chi connectivity index (χ0) is 22.7. The van der Waals surface area contributed by atoms with Gasteiger partial charge in [0.1, 0.15) is 18.2 Å². The number of benzene rings is 2. The molecule has 0 N–H and O–H groups in total. The number of likely N-dealkylation sites (tertiary alicyclic amines) is 1. The van der Waals surface area contributed by atoms with Crippen molar-refractivity contribution in [3.8, 4) is 5.75 Å². The van der Waals surface area contributed by atoms with Crippen LogP contribution in [0.2, 0.25) is 0 Å². The molecule has 5 nitrogen and oxygen atoms in total. The monoisotopic (exact) mass is 439 g/mol. The summed E-state index contributed by atoms with van der Waals surface area (Å²) >= 11 is 0. The number of anilines is 2. The second-order valence-electron chi connectivity index (χ2n) is 9.30. The highest BCUT2D eigenvalue weighted by Gasteiger charge is 2.27. The summed E-state index contributed by atoms with van der Waals surface area (Å²) in [7, 11) is 1.81. The van der Waals surface area contributed by atoms with Crippen molar-refractivity contribution in [2.75, 3.05) is 36.5 Å². The second kappa shape index (κ2) is 9.80. The number of urea groups is 1. The Balaban J connectivity index is 1.36. The summed E-state index contributed by atoms with van der Waals surface area (Å²) in [6.45, 7) is 7.44. The first kappa shape index (κ1) is 22.4. The highest BCUT2D eigenvalue weighted by atomic mass is 19.1. The molecule has 2 amide bonds. The van der Waals surface area contributed by atoms with E-state index in [-0.39, 0.29) is 11.8 Å². The highest BCUT2D eigenvalue weighted by Crippen LogP contribution is 2.28. The van der Waals surface area contributed by atoms with Crippen LogP contribution in [0.5, 0.6) is 5.75 Å². The fraction of sp³-hybridized carbons (Fsp3) is 0.500. The van der Waals surface area contributed by atoms with Gasteiger partial charge in [-0.3, -0.25) is 4.90 Å². The zero-order valence-electron chi connectivity index (χ0n) is 19.4. The van der Waals surface area contributed by atoms with E-state index in [1.54, 1.807) is 11.0 Å². The molecular weight excluding hydrogens is 405 g/mol. The van der Waals surface area contributed by atoms with E-state index in [4.69, 9.17) is 4.74 Å². The van der Waals surface area contributed by atoms with E-state index >= 15 is 0 Å². The van der Waals surface area contributed by atoms with Gasteiger partial charge in [0.25, 0.3) is 0 Å². The van der Waals surface area contributed by atoms with Crippen LogP contribution in [0.1, 0.15) is 45.1 Å². The number of carbonyl (C=O) groups excluding carboxylic acids is 1. The van der Waals surface area contributed by atoms with E-state index in [9.17, 15) is 9.18 Å². The molecule has 2 aromatic rings. The lowest BCUT2D eigenvalue weighted by molar-refractivity contribution is 0.204. The molecule has 1 atom stereocenters. The van der Waals surface area contributed by atoms with Crippen LogP contribution >= 0.6 is 0 Å². The maximum atomic E-state index is 14.2. The Hall–Kier alpha value is -2.76. The van der Waals surface area contributed by atoms with Crippen LogP contribution in [-0.2, 0) is 6.61 Å². The molecule has 0 aliphatic carbocycles. The summed E-state index contributed by atoms with van der Waals surface area (Å²) in [5, 5.41) is 0. The highest BCUT2D eigenvalue weighted by molar-refractivity contribution is 5.91. The molecule has 172 valence electrons. The maximum absolute atomic E-state index is 14.2. The van der Waals surface area contributed by atoms with Gasteiger partial charge in [0, 0.05) is 56.2 Å². The van der Waals surface area contributed by atoms with Gasteiger partial charge in [-0.25, -0.2) is 9.18 Å². The van der Waals surface area contributed by atoms with Crippen molar-refractivity contribution in [2.45, 2.75) is 52.2 Å². The first-order chi connectivity index (χ1) is 15.4. The van der Waals surface area contributed by atoms with Gasteiger partial charge in [0.05, 0.1) is 0 Å². The molecule has 4 rings (SSSR count). The first-order valence-electron chi connectivity index (χ1n) is 11.7. The van der Waals surface area contributed by atoms with Crippen molar-refractivity contribution in [3.63, 3.8) is 0 Å². The Morgan fingerprint density at radius 1 is 1.06 bits per heavy atom. The lowest BCUT2D eigenvalue weighted by Crippen LogP contribution is -2.42. The zero-order valence-corrected chi connectivity index (χ0v) is 19.4. The fourth-order valence-corrected chi connectivity index (χ4v) is 4.58. The van der Waals surface area contributed by atoms with E-state index < -0.39 is 0 Å². The van der Waals surface area contributed by atoms with Crippen LogP contribution < -0.4 is 14.5 Å². The summed E-state index contributed by atoms with van der Waals surface area (Å²) < 4.78 is 20.1. The van der Waals surface area contributed by atoms with Gasteiger partial charge >= 0.3 is 6.03 Å². The minimum absolute atomic E-state index is 0.0402. The molecule has 2 heterocycles. The van der Waals surface area contributed by atoms with Gasteiger partial charge in [-0.05, 0) is 62.3 Å². The number of ether oxygens (including phenoxy) is 1. The molecular formula is C26H34FN3O2. The number of rotatable bonds is 5. The number of carbonyl (C=O) groups is 1. The number of hydrogen-bond acceptors (Lipinski definition) is 3. The van der Waals surface area contributed by atoms with Crippen molar-refractivity contribution in [1.82, 2.24) is 4.90 Å². The Morgan fingerprint density at radius 3 is 2.44 bits per heavy atom. The lowest BCUT2D eigenvalue weighted by Gasteiger charge is -2.32. The molecule has 0 radical (unpaired) electrons. The van der Waals surface area contributed by atoms with E-state index in [2.05, 4.69) is 18.7 Å². The van der Waals surface area contributed by atoms with Gasteiger partial charge in [0.2, 0.25) is 0 Å². The normalized spacial score (nSPS) is 19.3. The molecule has 32 heavy (non-hydrogen) atoms. The largest absolute Gasteiger partial charge is 0.489 e. The first-order valence-corrected chi connectivity index (χ1v) is 11.7. The van der Waals surface area contributed by atoms with Gasteiger partial charge < -0.3 is 14.5 Å². The third-order valence-corrected chi connectivity index (χ3v) is 6.82. The number of hydrogen-bond donors (Lipinski definition) is 0. The predicted molar refractivity (Wildman–Crippen MR) is 127 cm³/mol. The molecule has 0 spiro atoms. The molecule has 0 aromatic heterocycles. The smallest absolute Gasteiger partial charge is 0.324 e. The average Bonchev–Trinajstić information content (AvgIpc) is 3.23. The molecule has 2 fully saturated rings. The predicted octanol–water partition coefficient (Wildman–Crippen LogP) is 5.68. The van der Waals surface area contributed by atoms with Crippen LogP contribution in [0.15, 0.2) is 42.5 Å². The number of halogens is 1. The van der Waals surface area contributed by atoms with Crippen LogP contribution in [0.3, 0.4) is 0 Å². The van der Waals surface area contributed by atoms with Gasteiger partial charge in [-0.2, -0.15) is 0 Å². The number of amides is 2. The minimum Gasteiger partial charge on any atom is -0.489 e.